The fraction of sp³-hybridized carbons (Fsp3) is 0.286. The molecule has 0 bridgehead atoms. The Hall–Kier alpha value is -0.350. The molecule has 4 heteroatoms. The van der Waals surface area contributed by atoms with E-state index in [1.807, 2.05) is 18.2 Å². The number of rotatable bonds is 4. The topological polar surface area (TPSA) is 12.0 Å². The lowest BCUT2D eigenvalue weighted by Gasteiger charge is -2.05. The lowest BCUT2D eigenvalue weighted by Crippen LogP contribution is -2.21. The van der Waals surface area contributed by atoms with Crippen LogP contribution in [-0.2, 0) is 6.54 Å². The molecule has 0 unspecified atom stereocenters. The summed E-state index contributed by atoms with van der Waals surface area (Å²) >= 11 is 11.4. The Morgan fingerprint density at radius 3 is 2.78 bits per heavy atom. The molecule has 0 aliphatic heterocycles. The van der Waals surface area contributed by atoms with Crippen LogP contribution in [0, 0.1) is 0 Å². The molecule has 1 N–H and O–H groups in total. The zero-order valence-electron chi connectivity index (χ0n) is 10.3. The summed E-state index contributed by atoms with van der Waals surface area (Å²) in [6.07, 6.45) is 0. The third kappa shape index (κ3) is 3.58. The molecule has 0 aliphatic rings. The first kappa shape index (κ1) is 14.1. The average molecular weight is 345 g/mol. The van der Waals surface area contributed by atoms with Crippen molar-refractivity contribution in [2.75, 3.05) is 0 Å². The van der Waals surface area contributed by atoms with Gasteiger partial charge in [-0.25, -0.2) is 0 Å². The second-order valence-corrected chi connectivity index (χ2v) is 6.88. The summed E-state index contributed by atoms with van der Waals surface area (Å²) in [4.78, 5) is 2.58. The standard InChI is InChI=1S/C14H15BrClNS/c1-9(2)17-8-11-4-6-14(18-11)12-7-10(16)3-5-13(12)15/h3-7,9,17H,8H2,1-2H3. The summed E-state index contributed by atoms with van der Waals surface area (Å²) in [7, 11) is 0. The smallest absolute Gasteiger partial charge is 0.0413 e. The van der Waals surface area contributed by atoms with E-state index in [0.717, 1.165) is 21.6 Å². The number of hydrogen-bond donors (Lipinski definition) is 1. The van der Waals surface area contributed by atoms with Crippen molar-refractivity contribution in [2.45, 2.75) is 26.4 Å². The largest absolute Gasteiger partial charge is 0.310 e. The minimum Gasteiger partial charge on any atom is -0.310 e. The summed E-state index contributed by atoms with van der Waals surface area (Å²) in [5.41, 5.74) is 1.16. The highest BCUT2D eigenvalue weighted by Crippen LogP contribution is 2.35. The molecule has 2 rings (SSSR count). The van der Waals surface area contributed by atoms with E-state index in [0.29, 0.717) is 6.04 Å². The molecule has 96 valence electrons. The van der Waals surface area contributed by atoms with E-state index >= 15 is 0 Å². The van der Waals surface area contributed by atoms with Crippen LogP contribution in [0.5, 0.6) is 0 Å². The van der Waals surface area contributed by atoms with Crippen LogP contribution in [0.1, 0.15) is 18.7 Å². The van der Waals surface area contributed by atoms with Crippen LogP contribution < -0.4 is 5.32 Å². The molecule has 1 heterocycles. The van der Waals surface area contributed by atoms with Crippen molar-refractivity contribution in [1.29, 1.82) is 0 Å². The lowest BCUT2D eigenvalue weighted by atomic mass is 10.2. The minimum absolute atomic E-state index is 0.508. The Bertz CT molecular complexity index is 536. The summed E-state index contributed by atoms with van der Waals surface area (Å²) < 4.78 is 1.08. The number of nitrogens with one attached hydrogen (secondary N) is 1. The first-order valence-electron chi connectivity index (χ1n) is 5.84. The van der Waals surface area contributed by atoms with E-state index in [-0.39, 0.29) is 0 Å². The fourth-order valence-electron chi connectivity index (χ4n) is 1.61. The van der Waals surface area contributed by atoms with Crippen LogP contribution in [0.25, 0.3) is 10.4 Å². The van der Waals surface area contributed by atoms with Crippen molar-refractivity contribution in [1.82, 2.24) is 5.32 Å². The normalized spacial score (nSPS) is 11.2. The van der Waals surface area contributed by atoms with Gasteiger partial charge in [0.1, 0.15) is 0 Å². The second-order valence-electron chi connectivity index (χ2n) is 4.43. The van der Waals surface area contributed by atoms with Gasteiger partial charge in [-0.15, -0.1) is 11.3 Å². The zero-order valence-corrected chi connectivity index (χ0v) is 13.5. The van der Waals surface area contributed by atoms with Gasteiger partial charge in [-0.3, -0.25) is 0 Å². The van der Waals surface area contributed by atoms with Crippen LogP contribution >= 0.6 is 38.9 Å². The first-order valence-corrected chi connectivity index (χ1v) is 7.82. The number of hydrogen-bond acceptors (Lipinski definition) is 2. The molecule has 0 fully saturated rings. The van der Waals surface area contributed by atoms with Crippen LogP contribution in [-0.4, -0.2) is 6.04 Å². The maximum atomic E-state index is 6.05. The van der Waals surface area contributed by atoms with Crippen molar-refractivity contribution >= 4 is 38.9 Å². The van der Waals surface area contributed by atoms with E-state index in [1.165, 1.54) is 9.75 Å². The average Bonchev–Trinajstić information content (AvgIpc) is 2.78. The highest BCUT2D eigenvalue weighted by Gasteiger charge is 2.07. The van der Waals surface area contributed by atoms with Gasteiger partial charge >= 0.3 is 0 Å². The molecule has 0 radical (unpaired) electrons. The van der Waals surface area contributed by atoms with Gasteiger partial charge in [-0.1, -0.05) is 41.4 Å². The van der Waals surface area contributed by atoms with Crippen molar-refractivity contribution in [3.63, 3.8) is 0 Å². The second kappa shape index (κ2) is 6.20. The molecular formula is C14H15BrClNS. The predicted octanol–water partition coefficient (Wildman–Crippen LogP) is 5.33. The van der Waals surface area contributed by atoms with E-state index < -0.39 is 0 Å². The third-order valence-corrected chi connectivity index (χ3v) is 4.59. The van der Waals surface area contributed by atoms with E-state index in [4.69, 9.17) is 11.6 Å². The Kier molecular flexibility index (Phi) is 4.84. The van der Waals surface area contributed by atoms with Crippen LogP contribution in [0.15, 0.2) is 34.8 Å². The van der Waals surface area contributed by atoms with Gasteiger partial charge in [0.05, 0.1) is 0 Å². The minimum atomic E-state index is 0.508. The van der Waals surface area contributed by atoms with Gasteiger partial charge in [-0.2, -0.15) is 0 Å². The number of benzene rings is 1. The van der Waals surface area contributed by atoms with Crippen LogP contribution in [0.4, 0.5) is 0 Å². The van der Waals surface area contributed by atoms with Gasteiger partial charge in [0.2, 0.25) is 0 Å². The highest BCUT2D eigenvalue weighted by molar-refractivity contribution is 9.10. The van der Waals surface area contributed by atoms with E-state index in [1.54, 1.807) is 11.3 Å². The predicted molar refractivity (Wildman–Crippen MR) is 84.4 cm³/mol. The SMILES string of the molecule is CC(C)NCc1ccc(-c2cc(Cl)ccc2Br)s1. The molecule has 18 heavy (non-hydrogen) atoms. The molecule has 1 nitrogen and oxygen atoms in total. The maximum Gasteiger partial charge on any atom is 0.0413 e. The number of thiophene rings is 1. The van der Waals surface area contributed by atoms with Crippen LogP contribution in [0.3, 0.4) is 0 Å². The monoisotopic (exact) mass is 343 g/mol. The van der Waals surface area contributed by atoms with E-state index in [9.17, 15) is 0 Å². The number of halogens is 2. The Labute approximate surface area is 125 Å². The zero-order chi connectivity index (χ0) is 13.1. The maximum absolute atomic E-state index is 6.05. The first-order chi connectivity index (χ1) is 8.56. The lowest BCUT2D eigenvalue weighted by molar-refractivity contribution is 0.593. The molecule has 0 saturated heterocycles. The van der Waals surface area contributed by atoms with Crippen LogP contribution in [0.2, 0.25) is 5.02 Å². The van der Waals surface area contributed by atoms with Gasteiger partial charge in [-0.05, 0) is 30.3 Å². The molecular weight excluding hydrogens is 330 g/mol. The summed E-state index contributed by atoms with van der Waals surface area (Å²) in [6, 6.07) is 10.7. The molecule has 0 atom stereocenters. The van der Waals surface area contributed by atoms with Crippen molar-refractivity contribution in [2.24, 2.45) is 0 Å². The molecule has 1 aromatic heterocycles. The van der Waals surface area contributed by atoms with Gasteiger partial charge in [0.25, 0.3) is 0 Å². The van der Waals surface area contributed by atoms with Crippen molar-refractivity contribution < 1.29 is 0 Å². The highest BCUT2D eigenvalue weighted by atomic mass is 79.9. The molecule has 0 amide bonds. The summed E-state index contributed by atoms with van der Waals surface area (Å²) in [6.45, 7) is 5.23. The molecule has 0 aliphatic carbocycles. The Balaban J connectivity index is 2.21. The van der Waals surface area contributed by atoms with E-state index in [2.05, 4.69) is 47.2 Å². The molecule has 0 saturated carbocycles. The van der Waals surface area contributed by atoms with Crippen molar-refractivity contribution in [3.05, 3.63) is 44.7 Å². The fourth-order valence-corrected chi connectivity index (χ4v) is 3.36. The molecule has 1 aromatic carbocycles. The quantitative estimate of drug-likeness (QED) is 0.790. The third-order valence-electron chi connectivity index (χ3n) is 2.54. The van der Waals surface area contributed by atoms with Gasteiger partial charge < -0.3 is 5.32 Å². The Morgan fingerprint density at radius 2 is 2.06 bits per heavy atom. The molecule has 2 aromatic rings. The summed E-state index contributed by atoms with van der Waals surface area (Å²) in [5.74, 6) is 0. The molecule has 0 spiro atoms. The Morgan fingerprint density at radius 1 is 1.28 bits per heavy atom. The van der Waals surface area contributed by atoms with Gasteiger partial charge in [0.15, 0.2) is 0 Å². The summed E-state index contributed by atoms with van der Waals surface area (Å²) in [5, 5.41) is 4.19. The van der Waals surface area contributed by atoms with Gasteiger partial charge in [0, 0.05) is 37.4 Å². The van der Waals surface area contributed by atoms with Crippen molar-refractivity contribution in [3.8, 4) is 10.4 Å².